The van der Waals surface area contributed by atoms with Gasteiger partial charge in [-0.2, -0.15) is 0 Å². The van der Waals surface area contributed by atoms with Crippen LogP contribution >= 0.6 is 11.5 Å². The van der Waals surface area contributed by atoms with Crippen molar-refractivity contribution < 1.29 is 4.79 Å². The average molecular weight is 211 g/mol. The maximum absolute atomic E-state index is 11.8. The molecule has 0 bridgehead atoms. The first-order chi connectivity index (χ1) is 6.68. The molecule has 1 amide bonds. The first-order valence-corrected chi connectivity index (χ1v) is 5.50. The molecule has 1 aliphatic rings. The molecule has 0 aromatic carbocycles. The van der Waals surface area contributed by atoms with Crippen molar-refractivity contribution in [2.24, 2.45) is 5.92 Å². The molecule has 5 heteroatoms. The molecule has 1 aliphatic carbocycles. The third-order valence-electron chi connectivity index (χ3n) is 2.42. The van der Waals surface area contributed by atoms with E-state index in [0.717, 1.165) is 18.2 Å². The first-order valence-electron chi connectivity index (χ1n) is 4.73. The third kappa shape index (κ3) is 1.92. The molecular formula is C9H13N3OS. The predicted octanol–water partition coefficient (Wildman–Crippen LogP) is 1.33. The molecule has 0 radical (unpaired) electrons. The highest BCUT2D eigenvalue weighted by Gasteiger charge is 2.26. The Kier molecular flexibility index (Phi) is 2.50. The van der Waals surface area contributed by atoms with E-state index in [1.165, 1.54) is 24.4 Å². The SMILES string of the molecule is Cc1nnsc1C(=O)N(C)CC1CC1. The van der Waals surface area contributed by atoms with Gasteiger partial charge < -0.3 is 4.90 Å². The number of carbonyl (C=O) groups excluding carboxylic acids is 1. The lowest BCUT2D eigenvalue weighted by atomic mass is 10.3. The van der Waals surface area contributed by atoms with Crippen LogP contribution in [0.15, 0.2) is 0 Å². The van der Waals surface area contributed by atoms with Gasteiger partial charge in [-0.1, -0.05) is 4.49 Å². The molecule has 2 rings (SSSR count). The monoisotopic (exact) mass is 211 g/mol. The molecule has 0 spiro atoms. The zero-order valence-electron chi connectivity index (χ0n) is 8.36. The summed E-state index contributed by atoms with van der Waals surface area (Å²) in [5.41, 5.74) is 0.739. The Labute approximate surface area is 87.1 Å². The van der Waals surface area contributed by atoms with Crippen LogP contribution in [0.3, 0.4) is 0 Å². The van der Waals surface area contributed by atoms with Crippen LogP contribution in [0.5, 0.6) is 0 Å². The molecule has 14 heavy (non-hydrogen) atoms. The van der Waals surface area contributed by atoms with Crippen LogP contribution in [0.4, 0.5) is 0 Å². The molecule has 0 saturated heterocycles. The second-order valence-electron chi connectivity index (χ2n) is 3.82. The van der Waals surface area contributed by atoms with Crippen LogP contribution in [0.2, 0.25) is 0 Å². The quantitative estimate of drug-likeness (QED) is 0.757. The van der Waals surface area contributed by atoms with E-state index in [-0.39, 0.29) is 5.91 Å². The maximum atomic E-state index is 11.8. The van der Waals surface area contributed by atoms with Crippen molar-refractivity contribution in [2.75, 3.05) is 13.6 Å². The summed E-state index contributed by atoms with van der Waals surface area (Å²) in [5, 5.41) is 3.84. The Balaban J connectivity index is 2.03. The fourth-order valence-corrected chi connectivity index (χ4v) is 2.02. The summed E-state index contributed by atoms with van der Waals surface area (Å²) in [6.07, 6.45) is 2.52. The van der Waals surface area contributed by atoms with Crippen LogP contribution in [0.1, 0.15) is 28.2 Å². The Morgan fingerprint density at radius 2 is 2.36 bits per heavy atom. The summed E-state index contributed by atoms with van der Waals surface area (Å²) in [7, 11) is 1.85. The zero-order valence-corrected chi connectivity index (χ0v) is 9.17. The predicted molar refractivity (Wildman–Crippen MR) is 54.3 cm³/mol. The van der Waals surface area contributed by atoms with Gasteiger partial charge in [-0.15, -0.1) is 5.10 Å². The molecule has 0 atom stereocenters. The molecule has 0 unspecified atom stereocenters. The Morgan fingerprint density at radius 1 is 1.64 bits per heavy atom. The number of hydrogen-bond acceptors (Lipinski definition) is 4. The third-order valence-corrected chi connectivity index (χ3v) is 3.24. The van der Waals surface area contributed by atoms with Gasteiger partial charge in [0.15, 0.2) is 0 Å². The normalized spacial score (nSPS) is 15.6. The average Bonchev–Trinajstić information content (AvgIpc) is 2.86. The van der Waals surface area contributed by atoms with Crippen LogP contribution in [0, 0.1) is 12.8 Å². The lowest BCUT2D eigenvalue weighted by molar-refractivity contribution is 0.0792. The number of carbonyl (C=O) groups is 1. The van der Waals surface area contributed by atoms with Crippen LogP contribution in [-0.2, 0) is 0 Å². The summed E-state index contributed by atoms with van der Waals surface area (Å²) in [6, 6.07) is 0. The van der Waals surface area contributed by atoms with E-state index in [9.17, 15) is 4.79 Å². The van der Waals surface area contributed by atoms with E-state index in [4.69, 9.17) is 0 Å². The molecular weight excluding hydrogens is 198 g/mol. The lowest BCUT2D eigenvalue weighted by Gasteiger charge is -2.15. The fourth-order valence-electron chi connectivity index (χ4n) is 1.37. The number of nitrogens with zero attached hydrogens (tertiary/aromatic N) is 3. The standard InChI is InChI=1S/C9H13N3OS/c1-6-8(14-11-10-6)9(13)12(2)5-7-3-4-7/h7H,3-5H2,1-2H3. The van der Waals surface area contributed by atoms with E-state index < -0.39 is 0 Å². The summed E-state index contributed by atoms with van der Waals surface area (Å²) in [4.78, 5) is 14.3. The maximum Gasteiger partial charge on any atom is 0.267 e. The van der Waals surface area contributed by atoms with Gasteiger partial charge in [0.25, 0.3) is 5.91 Å². The Hall–Kier alpha value is -0.970. The number of aryl methyl sites for hydroxylation is 1. The van der Waals surface area contributed by atoms with E-state index in [1.54, 1.807) is 4.90 Å². The van der Waals surface area contributed by atoms with Gasteiger partial charge in [-0.3, -0.25) is 4.79 Å². The minimum absolute atomic E-state index is 0.0596. The van der Waals surface area contributed by atoms with Gasteiger partial charge in [-0.05, 0) is 37.2 Å². The minimum atomic E-state index is 0.0596. The van der Waals surface area contributed by atoms with Crippen molar-refractivity contribution in [3.05, 3.63) is 10.6 Å². The van der Waals surface area contributed by atoms with Crippen molar-refractivity contribution in [3.8, 4) is 0 Å². The molecule has 1 saturated carbocycles. The lowest BCUT2D eigenvalue weighted by Crippen LogP contribution is -2.28. The molecule has 0 N–H and O–H groups in total. The van der Waals surface area contributed by atoms with Gasteiger partial charge in [0.05, 0.1) is 5.69 Å². The molecule has 1 heterocycles. The van der Waals surface area contributed by atoms with Crippen molar-refractivity contribution in [1.29, 1.82) is 0 Å². The smallest absolute Gasteiger partial charge is 0.267 e. The Morgan fingerprint density at radius 3 is 2.86 bits per heavy atom. The summed E-state index contributed by atoms with van der Waals surface area (Å²) in [5.74, 6) is 0.787. The molecule has 1 aromatic heterocycles. The number of hydrogen-bond donors (Lipinski definition) is 0. The summed E-state index contributed by atoms with van der Waals surface area (Å²) in [6.45, 7) is 2.69. The second kappa shape index (κ2) is 3.65. The van der Waals surface area contributed by atoms with Crippen molar-refractivity contribution in [1.82, 2.24) is 14.5 Å². The highest BCUT2D eigenvalue weighted by Crippen LogP contribution is 2.29. The van der Waals surface area contributed by atoms with Crippen LogP contribution in [-0.4, -0.2) is 34.0 Å². The highest BCUT2D eigenvalue weighted by atomic mass is 32.1. The van der Waals surface area contributed by atoms with E-state index in [0.29, 0.717) is 4.88 Å². The van der Waals surface area contributed by atoms with Gasteiger partial charge in [-0.25, -0.2) is 0 Å². The van der Waals surface area contributed by atoms with Gasteiger partial charge >= 0.3 is 0 Å². The van der Waals surface area contributed by atoms with E-state index >= 15 is 0 Å². The summed E-state index contributed by atoms with van der Waals surface area (Å²) >= 11 is 1.18. The van der Waals surface area contributed by atoms with Gasteiger partial charge in [0.1, 0.15) is 4.88 Å². The highest BCUT2D eigenvalue weighted by molar-refractivity contribution is 7.07. The van der Waals surface area contributed by atoms with Crippen molar-refractivity contribution in [3.63, 3.8) is 0 Å². The fraction of sp³-hybridized carbons (Fsp3) is 0.667. The van der Waals surface area contributed by atoms with Crippen molar-refractivity contribution in [2.45, 2.75) is 19.8 Å². The number of amides is 1. The van der Waals surface area contributed by atoms with Gasteiger partial charge in [0.2, 0.25) is 0 Å². The minimum Gasteiger partial charge on any atom is -0.341 e. The number of rotatable bonds is 3. The van der Waals surface area contributed by atoms with Crippen LogP contribution < -0.4 is 0 Å². The molecule has 1 fully saturated rings. The summed E-state index contributed by atoms with van der Waals surface area (Å²) < 4.78 is 3.76. The van der Waals surface area contributed by atoms with E-state index in [1.807, 2.05) is 14.0 Å². The van der Waals surface area contributed by atoms with Crippen molar-refractivity contribution >= 4 is 17.4 Å². The molecule has 0 aliphatic heterocycles. The number of aromatic nitrogens is 2. The topological polar surface area (TPSA) is 46.1 Å². The molecule has 76 valence electrons. The largest absolute Gasteiger partial charge is 0.341 e. The van der Waals surface area contributed by atoms with Gasteiger partial charge in [0, 0.05) is 13.6 Å². The zero-order chi connectivity index (χ0) is 10.1. The Bertz CT molecular complexity index is 346. The first kappa shape index (κ1) is 9.58. The second-order valence-corrected chi connectivity index (χ2v) is 4.57. The van der Waals surface area contributed by atoms with Crippen LogP contribution in [0.25, 0.3) is 0 Å². The molecule has 4 nitrogen and oxygen atoms in total. The van der Waals surface area contributed by atoms with E-state index in [2.05, 4.69) is 9.59 Å². The molecule has 1 aromatic rings.